The van der Waals surface area contributed by atoms with Crippen molar-refractivity contribution in [2.24, 2.45) is 0 Å². The van der Waals surface area contributed by atoms with Gasteiger partial charge in [-0.15, -0.1) is 0 Å². The van der Waals surface area contributed by atoms with Crippen molar-refractivity contribution in [2.45, 2.75) is 6.92 Å². The zero-order valence-corrected chi connectivity index (χ0v) is 12.4. The fraction of sp³-hybridized carbons (Fsp3) is 0.133. The first-order valence-electron chi connectivity index (χ1n) is 6.09. The first-order valence-corrected chi connectivity index (χ1v) is 6.88. The van der Waals surface area contributed by atoms with E-state index in [0.29, 0.717) is 11.0 Å². The molecule has 0 atom stereocenters. The van der Waals surface area contributed by atoms with Crippen LogP contribution in [0.15, 0.2) is 46.9 Å². The number of carbonyl (C=O) groups is 1. The summed E-state index contributed by atoms with van der Waals surface area (Å²) in [5.74, 6) is -1.26. The lowest BCUT2D eigenvalue weighted by Crippen LogP contribution is -2.16. The molecule has 0 amide bonds. The zero-order chi connectivity index (χ0) is 14.7. The molecule has 0 unspecified atom stereocenters. The predicted molar refractivity (Wildman–Crippen MR) is 80.2 cm³/mol. The van der Waals surface area contributed by atoms with Crippen molar-refractivity contribution < 1.29 is 14.3 Å². The van der Waals surface area contributed by atoms with Crippen molar-refractivity contribution >= 4 is 33.3 Å². The van der Waals surface area contributed by atoms with E-state index in [0.717, 1.165) is 11.4 Å². The van der Waals surface area contributed by atoms with Gasteiger partial charge < -0.3 is 10.0 Å². The van der Waals surface area contributed by atoms with Gasteiger partial charge in [-0.3, -0.25) is 0 Å². The highest BCUT2D eigenvalue weighted by Gasteiger charge is 2.13. The molecule has 3 nitrogen and oxygen atoms in total. The summed E-state index contributed by atoms with van der Waals surface area (Å²) in [6.45, 7) is 2.65. The molecule has 0 aliphatic heterocycles. The van der Waals surface area contributed by atoms with Gasteiger partial charge in [0, 0.05) is 16.7 Å². The van der Waals surface area contributed by atoms with E-state index in [9.17, 15) is 9.18 Å². The van der Waals surface area contributed by atoms with Crippen molar-refractivity contribution in [3.05, 3.63) is 58.3 Å². The molecule has 0 aliphatic carbocycles. The summed E-state index contributed by atoms with van der Waals surface area (Å²) in [5.41, 5.74) is 1.90. The molecule has 2 aromatic carbocycles. The summed E-state index contributed by atoms with van der Waals surface area (Å²) in [5, 5.41) is 8.97. The Bertz CT molecular complexity index is 628. The molecule has 2 aromatic rings. The number of nitrogens with zero attached hydrogens (tertiary/aromatic N) is 1. The Morgan fingerprint density at radius 1 is 1.25 bits per heavy atom. The molecule has 20 heavy (non-hydrogen) atoms. The lowest BCUT2D eigenvalue weighted by atomic mass is 10.1. The van der Waals surface area contributed by atoms with E-state index in [4.69, 9.17) is 5.11 Å². The minimum Gasteiger partial charge on any atom is -0.478 e. The summed E-state index contributed by atoms with van der Waals surface area (Å²) in [7, 11) is 0. The number of anilines is 2. The second kappa shape index (κ2) is 6.05. The van der Waals surface area contributed by atoms with Crippen molar-refractivity contribution in [3.63, 3.8) is 0 Å². The third-order valence-corrected chi connectivity index (χ3v) is 3.58. The molecule has 0 fully saturated rings. The quantitative estimate of drug-likeness (QED) is 0.896. The topological polar surface area (TPSA) is 40.5 Å². The van der Waals surface area contributed by atoms with Crippen LogP contribution in [-0.4, -0.2) is 17.6 Å². The Hall–Kier alpha value is -1.88. The highest BCUT2D eigenvalue weighted by molar-refractivity contribution is 9.10. The fourth-order valence-electron chi connectivity index (χ4n) is 1.97. The average Bonchev–Trinajstić information content (AvgIpc) is 2.43. The molecule has 0 radical (unpaired) electrons. The number of hydrogen-bond donors (Lipinski definition) is 1. The van der Waals surface area contributed by atoms with Gasteiger partial charge in [-0.25, -0.2) is 9.18 Å². The lowest BCUT2D eigenvalue weighted by Gasteiger charge is -2.24. The van der Waals surface area contributed by atoms with E-state index < -0.39 is 5.97 Å². The second-order valence-corrected chi connectivity index (χ2v) is 5.05. The van der Waals surface area contributed by atoms with Gasteiger partial charge in [0.1, 0.15) is 5.82 Å². The van der Waals surface area contributed by atoms with Crippen molar-refractivity contribution in [2.75, 3.05) is 11.4 Å². The van der Waals surface area contributed by atoms with E-state index in [1.807, 2.05) is 11.8 Å². The molecule has 0 saturated carbocycles. The maximum Gasteiger partial charge on any atom is 0.335 e. The maximum atomic E-state index is 13.0. The SMILES string of the molecule is CCN(c1ccc(F)cc1)c1ccc(C(=O)O)cc1Br. The maximum absolute atomic E-state index is 13.0. The third-order valence-electron chi connectivity index (χ3n) is 2.94. The molecule has 0 spiro atoms. The second-order valence-electron chi connectivity index (χ2n) is 4.19. The number of benzene rings is 2. The molecular formula is C15H13BrFNO2. The van der Waals surface area contributed by atoms with Crippen LogP contribution in [0.5, 0.6) is 0 Å². The molecule has 2 rings (SSSR count). The molecule has 0 heterocycles. The molecule has 1 N–H and O–H groups in total. The Morgan fingerprint density at radius 3 is 2.40 bits per heavy atom. The molecule has 0 bridgehead atoms. The van der Waals surface area contributed by atoms with Crippen LogP contribution in [-0.2, 0) is 0 Å². The van der Waals surface area contributed by atoms with Crippen LogP contribution in [0.4, 0.5) is 15.8 Å². The predicted octanol–water partition coefficient (Wildman–Crippen LogP) is 4.44. The Kier molecular flexibility index (Phi) is 4.39. The minimum absolute atomic E-state index is 0.218. The Balaban J connectivity index is 2.41. The van der Waals surface area contributed by atoms with Gasteiger partial charge >= 0.3 is 5.97 Å². The van der Waals surface area contributed by atoms with Crippen molar-refractivity contribution in [1.29, 1.82) is 0 Å². The number of aromatic carboxylic acids is 1. The largest absolute Gasteiger partial charge is 0.478 e. The molecular weight excluding hydrogens is 325 g/mol. The van der Waals surface area contributed by atoms with Crippen molar-refractivity contribution in [1.82, 2.24) is 0 Å². The van der Waals surface area contributed by atoms with Crippen LogP contribution < -0.4 is 4.90 Å². The summed E-state index contributed by atoms with van der Waals surface area (Å²) in [4.78, 5) is 12.9. The highest BCUT2D eigenvalue weighted by Crippen LogP contribution is 2.32. The first-order chi connectivity index (χ1) is 9.52. The normalized spacial score (nSPS) is 10.3. The van der Waals surface area contributed by atoms with E-state index in [2.05, 4.69) is 15.9 Å². The van der Waals surface area contributed by atoms with Crippen molar-refractivity contribution in [3.8, 4) is 0 Å². The van der Waals surface area contributed by atoms with Gasteiger partial charge in [-0.2, -0.15) is 0 Å². The molecule has 104 valence electrons. The van der Waals surface area contributed by atoms with E-state index in [1.165, 1.54) is 12.1 Å². The molecule has 0 aliphatic rings. The van der Waals surface area contributed by atoms with Crippen LogP contribution in [0.3, 0.4) is 0 Å². The summed E-state index contributed by atoms with van der Waals surface area (Å²) >= 11 is 3.39. The summed E-state index contributed by atoms with van der Waals surface area (Å²) < 4.78 is 13.7. The molecule has 0 aromatic heterocycles. The number of carboxylic acids is 1. The minimum atomic E-state index is -0.970. The number of rotatable bonds is 4. The average molecular weight is 338 g/mol. The van der Waals surface area contributed by atoms with Gasteiger partial charge in [0.2, 0.25) is 0 Å². The lowest BCUT2D eigenvalue weighted by molar-refractivity contribution is 0.0697. The highest BCUT2D eigenvalue weighted by atomic mass is 79.9. The first kappa shape index (κ1) is 14.5. The standard InChI is InChI=1S/C15H13BrFNO2/c1-2-18(12-6-4-11(17)5-7-12)14-8-3-10(15(19)20)9-13(14)16/h3-9H,2H2,1H3,(H,19,20). The Labute approximate surface area is 124 Å². The number of halogens is 2. The summed E-state index contributed by atoms with van der Waals surface area (Å²) in [6.07, 6.45) is 0. The fourth-order valence-corrected chi connectivity index (χ4v) is 2.56. The van der Waals surface area contributed by atoms with Crippen LogP contribution in [0.25, 0.3) is 0 Å². The van der Waals surface area contributed by atoms with Gasteiger partial charge in [-0.1, -0.05) is 0 Å². The van der Waals surface area contributed by atoms with Crippen LogP contribution in [0, 0.1) is 5.82 Å². The number of hydrogen-bond acceptors (Lipinski definition) is 2. The van der Waals surface area contributed by atoms with E-state index in [-0.39, 0.29) is 11.4 Å². The Morgan fingerprint density at radius 2 is 1.90 bits per heavy atom. The molecule has 5 heteroatoms. The van der Waals surface area contributed by atoms with Gasteiger partial charge in [0.05, 0.1) is 11.3 Å². The van der Waals surface area contributed by atoms with Gasteiger partial charge in [-0.05, 0) is 65.3 Å². The smallest absolute Gasteiger partial charge is 0.335 e. The van der Waals surface area contributed by atoms with Gasteiger partial charge in [0.15, 0.2) is 0 Å². The summed E-state index contributed by atoms with van der Waals surface area (Å²) in [6, 6.07) is 11.0. The molecule has 0 saturated heterocycles. The third kappa shape index (κ3) is 2.99. The van der Waals surface area contributed by atoms with Crippen LogP contribution >= 0.6 is 15.9 Å². The van der Waals surface area contributed by atoms with E-state index >= 15 is 0 Å². The van der Waals surface area contributed by atoms with E-state index in [1.54, 1.807) is 30.3 Å². The zero-order valence-electron chi connectivity index (χ0n) is 10.8. The number of carboxylic acid groups (broad SMARTS) is 1. The van der Waals surface area contributed by atoms with Gasteiger partial charge in [0.25, 0.3) is 0 Å². The monoisotopic (exact) mass is 337 g/mol. The van der Waals surface area contributed by atoms with Crippen LogP contribution in [0.1, 0.15) is 17.3 Å². The van der Waals surface area contributed by atoms with Crippen LogP contribution in [0.2, 0.25) is 0 Å².